The first-order chi connectivity index (χ1) is 6.68. The lowest BCUT2D eigenvalue weighted by atomic mass is 10.2. The van der Waals surface area contributed by atoms with Gasteiger partial charge in [0.15, 0.2) is 0 Å². The number of rotatable bonds is 1. The number of hydrogen-bond acceptors (Lipinski definition) is 3. The quantitative estimate of drug-likeness (QED) is 0.759. The van der Waals surface area contributed by atoms with E-state index in [1.54, 1.807) is 0 Å². The second kappa shape index (κ2) is 3.55. The molecule has 0 amide bonds. The molecule has 0 bridgehead atoms. The van der Waals surface area contributed by atoms with Gasteiger partial charge in [-0.05, 0) is 23.7 Å². The van der Waals surface area contributed by atoms with Gasteiger partial charge >= 0.3 is 5.35 Å². The third-order valence-electron chi connectivity index (χ3n) is 1.58. The van der Waals surface area contributed by atoms with Crippen molar-refractivity contribution in [3.63, 3.8) is 0 Å². The van der Waals surface area contributed by atoms with Crippen LogP contribution in [0.5, 0.6) is 0 Å². The molecule has 14 heavy (non-hydrogen) atoms. The molecule has 0 atom stereocenters. The van der Waals surface area contributed by atoms with Crippen LogP contribution in [-0.2, 0) is 0 Å². The highest BCUT2D eigenvalue weighted by atomic mass is 35.5. The summed E-state index contributed by atoms with van der Waals surface area (Å²) >= 11 is 11.2. The van der Waals surface area contributed by atoms with Gasteiger partial charge in [0.05, 0.1) is 10.6 Å². The normalized spacial score (nSPS) is 10.5. The largest absolute Gasteiger partial charge is 0.407 e. The molecular weight excluding hydrogens is 230 g/mol. The molecule has 0 fully saturated rings. The van der Waals surface area contributed by atoms with Gasteiger partial charge in [0.2, 0.25) is 0 Å². The Hall–Kier alpha value is -1.13. The summed E-state index contributed by atoms with van der Waals surface area (Å²) < 4.78 is 18.1. The second-order valence-electron chi connectivity index (χ2n) is 2.46. The molecule has 2 aromatic rings. The summed E-state index contributed by atoms with van der Waals surface area (Å²) in [5.74, 6) is -0.559. The molecule has 0 aliphatic heterocycles. The Morgan fingerprint density at radius 3 is 2.57 bits per heavy atom. The van der Waals surface area contributed by atoms with Gasteiger partial charge in [-0.25, -0.2) is 4.39 Å². The zero-order valence-corrected chi connectivity index (χ0v) is 8.18. The van der Waals surface area contributed by atoms with E-state index in [9.17, 15) is 4.39 Å². The lowest BCUT2D eigenvalue weighted by Crippen LogP contribution is -1.85. The summed E-state index contributed by atoms with van der Waals surface area (Å²) in [5.41, 5.74) is 0.0635. The zero-order chi connectivity index (χ0) is 10.1. The molecule has 0 aliphatic carbocycles. The summed E-state index contributed by atoms with van der Waals surface area (Å²) in [6.07, 6.45) is 0. The molecule has 0 aliphatic rings. The number of halogens is 3. The Labute approximate surface area is 88.5 Å². The van der Waals surface area contributed by atoms with Crippen LogP contribution in [0.3, 0.4) is 0 Å². The summed E-state index contributed by atoms with van der Waals surface area (Å²) in [6.45, 7) is 0. The molecule has 0 saturated heterocycles. The molecule has 1 heterocycles. The van der Waals surface area contributed by atoms with Crippen LogP contribution in [0, 0.1) is 5.82 Å². The SMILES string of the molecule is Fc1cccc(Cl)c1-c1nnc(Cl)o1. The van der Waals surface area contributed by atoms with Crippen LogP contribution in [-0.4, -0.2) is 10.2 Å². The molecule has 0 radical (unpaired) electrons. The van der Waals surface area contributed by atoms with Gasteiger partial charge in [0, 0.05) is 0 Å². The number of nitrogens with zero attached hydrogens (tertiary/aromatic N) is 2. The first kappa shape index (κ1) is 9.43. The van der Waals surface area contributed by atoms with Crippen LogP contribution < -0.4 is 0 Å². The van der Waals surface area contributed by atoms with Crippen LogP contribution in [0.2, 0.25) is 10.4 Å². The van der Waals surface area contributed by atoms with Gasteiger partial charge in [0.25, 0.3) is 5.89 Å². The summed E-state index contributed by atoms with van der Waals surface area (Å²) in [7, 11) is 0. The minimum Gasteiger partial charge on any atom is -0.407 e. The Balaban J connectivity index is 2.61. The number of hydrogen-bond donors (Lipinski definition) is 0. The van der Waals surface area contributed by atoms with E-state index in [-0.39, 0.29) is 21.8 Å². The monoisotopic (exact) mass is 232 g/mol. The van der Waals surface area contributed by atoms with E-state index in [0.717, 1.165) is 0 Å². The van der Waals surface area contributed by atoms with Gasteiger partial charge in [-0.3, -0.25) is 0 Å². The summed E-state index contributed by atoms with van der Waals surface area (Å²) in [4.78, 5) is 0. The molecular formula is C8H3Cl2FN2O. The maximum atomic E-state index is 13.3. The molecule has 1 aromatic carbocycles. The maximum absolute atomic E-state index is 13.3. The minimum absolute atomic E-state index is 0.0295. The molecule has 6 heteroatoms. The fourth-order valence-corrected chi connectivity index (χ4v) is 1.36. The lowest BCUT2D eigenvalue weighted by molar-refractivity contribution is 0.560. The topological polar surface area (TPSA) is 38.9 Å². The van der Waals surface area contributed by atoms with Crippen molar-refractivity contribution in [2.75, 3.05) is 0 Å². The van der Waals surface area contributed by atoms with E-state index in [1.807, 2.05) is 0 Å². The smallest absolute Gasteiger partial charge is 0.313 e. The van der Waals surface area contributed by atoms with Crippen molar-refractivity contribution < 1.29 is 8.81 Å². The van der Waals surface area contributed by atoms with Gasteiger partial charge in [0.1, 0.15) is 5.82 Å². The van der Waals surface area contributed by atoms with Crippen LogP contribution in [0.1, 0.15) is 0 Å². The number of aromatic nitrogens is 2. The molecule has 3 nitrogen and oxygen atoms in total. The highest BCUT2D eigenvalue weighted by Crippen LogP contribution is 2.29. The number of benzene rings is 1. The van der Waals surface area contributed by atoms with Crippen LogP contribution in [0.4, 0.5) is 4.39 Å². The second-order valence-corrected chi connectivity index (χ2v) is 3.19. The lowest BCUT2D eigenvalue weighted by Gasteiger charge is -1.98. The van der Waals surface area contributed by atoms with Gasteiger partial charge < -0.3 is 4.42 Å². The van der Waals surface area contributed by atoms with Crippen molar-refractivity contribution >= 4 is 23.2 Å². The Bertz CT molecular complexity index is 452. The van der Waals surface area contributed by atoms with Gasteiger partial charge in [-0.1, -0.05) is 22.8 Å². The first-order valence-corrected chi connectivity index (χ1v) is 4.37. The van der Waals surface area contributed by atoms with Crippen molar-refractivity contribution in [3.05, 3.63) is 34.4 Å². The average molecular weight is 233 g/mol. The fraction of sp³-hybridized carbons (Fsp3) is 0. The van der Waals surface area contributed by atoms with Crippen LogP contribution in [0.25, 0.3) is 11.5 Å². The molecule has 0 unspecified atom stereocenters. The van der Waals surface area contributed by atoms with E-state index < -0.39 is 5.82 Å². The summed E-state index contributed by atoms with van der Waals surface area (Å²) in [5, 5.41) is 6.98. The highest BCUT2D eigenvalue weighted by molar-refractivity contribution is 6.33. The molecule has 0 N–H and O–H groups in total. The minimum atomic E-state index is -0.530. The highest BCUT2D eigenvalue weighted by Gasteiger charge is 2.15. The fourth-order valence-electron chi connectivity index (χ4n) is 1.01. The van der Waals surface area contributed by atoms with Gasteiger partial charge in [-0.15, -0.1) is 5.10 Å². The first-order valence-electron chi connectivity index (χ1n) is 3.62. The molecule has 2 rings (SSSR count). The Morgan fingerprint density at radius 2 is 2.00 bits per heavy atom. The third-order valence-corrected chi connectivity index (χ3v) is 2.04. The average Bonchev–Trinajstić information content (AvgIpc) is 2.51. The van der Waals surface area contributed by atoms with E-state index in [4.69, 9.17) is 27.6 Å². The predicted octanol–water partition coefficient (Wildman–Crippen LogP) is 3.18. The zero-order valence-electron chi connectivity index (χ0n) is 6.67. The van der Waals surface area contributed by atoms with Crippen LogP contribution >= 0.6 is 23.2 Å². The Morgan fingerprint density at radius 1 is 1.21 bits per heavy atom. The van der Waals surface area contributed by atoms with E-state index >= 15 is 0 Å². The molecule has 0 spiro atoms. The van der Waals surface area contributed by atoms with E-state index in [0.29, 0.717) is 0 Å². The maximum Gasteiger partial charge on any atom is 0.313 e. The van der Waals surface area contributed by atoms with E-state index in [2.05, 4.69) is 10.2 Å². The van der Waals surface area contributed by atoms with Crippen molar-refractivity contribution in [2.24, 2.45) is 0 Å². The molecule has 72 valence electrons. The van der Waals surface area contributed by atoms with Crippen LogP contribution in [0.15, 0.2) is 22.6 Å². The van der Waals surface area contributed by atoms with Crippen molar-refractivity contribution in [1.82, 2.24) is 10.2 Å². The Kier molecular flexibility index (Phi) is 2.39. The standard InChI is InChI=1S/C8H3Cl2FN2O/c9-4-2-1-3-5(11)6(4)7-12-13-8(10)14-7/h1-3H. The third kappa shape index (κ3) is 1.58. The summed E-state index contributed by atoms with van der Waals surface area (Å²) in [6, 6.07) is 4.26. The van der Waals surface area contributed by atoms with Crippen molar-refractivity contribution in [3.8, 4) is 11.5 Å². The van der Waals surface area contributed by atoms with E-state index in [1.165, 1.54) is 18.2 Å². The molecule has 1 aromatic heterocycles. The predicted molar refractivity (Wildman–Crippen MR) is 49.7 cm³/mol. The van der Waals surface area contributed by atoms with Crippen molar-refractivity contribution in [1.29, 1.82) is 0 Å². The van der Waals surface area contributed by atoms with Crippen molar-refractivity contribution in [2.45, 2.75) is 0 Å². The van der Waals surface area contributed by atoms with Gasteiger partial charge in [-0.2, -0.15) is 0 Å². The molecule has 0 saturated carbocycles.